The fraction of sp³-hybridized carbons (Fsp3) is 0.231. The van der Waals surface area contributed by atoms with Crippen LogP contribution < -0.4 is 5.32 Å². The average molecular weight is 262 g/mol. The molecule has 0 aliphatic heterocycles. The van der Waals surface area contributed by atoms with E-state index in [4.69, 9.17) is 11.6 Å². The summed E-state index contributed by atoms with van der Waals surface area (Å²) in [6.45, 7) is 0. The first kappa shape index (κ1) is 11.3. The molecule has 2 heterocycles. The van der Waals surface area contributed by atoms with Crippen molar-refractivity contribution in [3.63, 3.8) is 0 Å². The molecule has 0 saturated heterocycles. The van der Waals surface area contributed by atoms with Crippen LogP contribution in [0, 0.1) is 0 Å². The van der Waals surface area contributed by atoms with E-state index in [1.165, 1.54) is 0 Å². The second-order valence-electron chi connectivity index (χ2n) is 4.34. The quantitative estimate of drug-likeness (QED) is 0.923. The Balaban J connectivity index is 1.83. The Bertz CT molecular complexity index is 589. The highest BCUT2D eigenvalue weighted by molar-refractivity contribution is 6.33. The van der Waals surface area contributed by atoms with Crippen molar-refractivity contribution in [2.45, 2.75) is 18.9 Å². The first-order valence-corrected chi connectivity index (χ1v) is 6.21. The summed E-state index contributed by atoms with van der Waals surface area (Å²) >= 11 is 5.98. The highest BCUT2D eigenvalue weighted by Crippen LogP contribution is 2.36. The van der Waals surface area contributed by atoms with Crippen LogP contribution in [0.4, 0.5) is 5.69 Å². The van der Waals surface area contributed by atoms with E-state index in [2.05, 4.69) is 10.3 Å². The number of nitrogens with zero attached hydrogens (tertiary/aromatic N) is 2. The molecule has 5 heteroatoms. The van der Waals surface area contributed by atoms with Crippen molar-refractivity contribution in [1.82, 2.24) is 9.55 Å². The van der Waals surface area contributed by atoms with Crippen LogP contribution in [-0.2, 0) is 0 Å². The smallest absolute Gasteiger partial charge is 0.272 e. The predicted octanol–water partition coefficient (Wildman–Crippen LogP) is 3.12. The number of carbonyl (C=O) groups excluding carboxylic acids is 1. The number of carbonyl (C=O) groups is 1. The molecule has 18 heavy (non-hydrogen) atoms. The average Bonchev–Trinajstić information content (AvgIpc) is 3.09. The maximum atomic E-state index is 12.2. The number of halogens is 1. The maximum absolute atomic E-state index is 12.2. The van der Waals surface area contributed by atoms with E-state index in [0.717, 1.165) is 12.8 Å². The number of amides is 1. The fourth-order valence-corrected chi connectivity index (χ4v) is 2.07. The third-order valence-electron chi connectivity index (χ3n) is 2.97. The van der Waals surface area contributed by atoms with Crippen molar-refractivity contribution >= 4 is 23.2 Å². The van der Waals surface area contributed by atoms with Crippen molar-refractivity contribution < 1.29 is 4.79 Å². The molecule has 92 valence electrons. The van der Waals surface area contributed by atoms with E-state index in [0.29, 0.717) is 22.4 Å². The molecule has 1 aliphatic carbocycles. The maximum Gasteiger partial charge on any atom is 0.272 e. The van der Waals surface area contributed by atoms with Gasteiger partial charge in [0.2, 0.25) is 0 Å². The van der Waals surface area contributed by atoms with Gasteiger partial charge in [-0.25, -0.2) is 0 Å². The van der Waals surface area contributed by atoms with Gasteiger partial charge in [0.15, 0.2) is 0 Å². The minimum absolute atomic E-state index is 0.151. The summed E-state index contributed by atoms with van der Waals surface area (Å²) in [5, 5.41) is 3.27. The molecule has 0 bridgehead atoms. The van der Waals surface area contributed by atoms with Crippen molar-refractivity contribution in [2.75, 3.05) is 5.32 Å². The Labute approximate surface area is 110 Å². The minimum Gasteiger partial charge on any atom is -0.340 e. The predicted molar refractivity (Wildman–Crippen MR) is 69.9 cm³/mol. The number of nitrogens with one attached hydrogen (secondary N) is 1. The van der Waals surface area contributed by atoms with Crippen LogP contribution >= 0.6 is 11.6 Å². The first-order chi connectivity index (χ1) is 8.75. The molecule has 1 aliphatic rings. The van der Waals surface area contributed by atoms with Crippen LogP contribution in [0.5, 0.6) is 0 Å². The van der Waals surface area contributed by atoms with Gasteiger partial charge in [0.25, 0.3) is 5.91 Å². The van der Waals surface area contributed by atoms with Gasteiger partial charge in [0.1, 0.15) is 5.69 Å². The highest BCUT2D eigenvalue weighted by Gasteiger charge is 2.26. The van der Waals surface area contributed by atoms with Crippen LogP contribution in [0.1, 0.15) is 29.4 Å². The third-order valence-corrected chi connectivity index (χ3v) is 3.30. The number of rotatable bonds is 3. The van der Waals surface area contributed by atoms with Gasteiger partial charge in [-0.2, -0.15) is 0 Å². The van der Waals surface area contributed by atoms with Gasteiger partial charge >= 0.3 is 0 Å². The molecule has 1 amide bonds. The molecule has 0 aromatic carbocycles. The lowest BCUT2D eigenvalue weighted by atomic mass is 10.3. The molecule has 1 N–H and O–H groups in total. The normalized spacial score (nSPS) is 14.5. The number of hydrogen-bond acceptors (Lipinski definition) is 2. The lowest BCUT2D eigenvalue weighted by Crippen LogP contribution is -2.16. The second kappa shape index (κ2) is 4.46. The number of hydrogen-bond donors (Lipinski definition) is 1. The first-order valence-electron chi connectivity index (χ1n) is 5.83. The number of anilines is 1. The molecule has 0 unspecified atom stereocenters. The second-order valence-corrected chi connectivity index (χ2v) is 4.75. The summed E-state index contributed by atoms with van der Waals surface area (Å²) in [6, 6.07) is 5.83. The summed E-state index contributed by atoms with van der Waals surface area (Å²) in [4.78, 5) is 16.1. The molecule has 4 nitrogen and oxygen atoms in total. The Hall–Kier alpha value is -1.81. The van der Waals surface area contributed by atoms with E-state index >= 15 is 0 Å². The lowest BCUT2D eigenvalue weighted by molar-refractivity contribution is 0.101. The third kappa shape index (κ3) is 2.11. The molecule has 2 aromatic rings. The lowest BCUT2D eigenvalue weighted by Gasteiger charge is -2.09. The van der Waals surface area contributed by atoms with Crippen molar-refractivity contribution in [3.8, 4) is 0 Å². The Morgan fingerprint density at radius 2 is 2.28 bits per heavy atom. The molecule has 3 rings (SSSR count). The highest BCUT2D eigenvalue weighted by atomic mass is 35.5. The van der Waals surface area contributed by atoms with E-state index in [1.807, 2.05) is 22.9 Å². The van der Waals surface area contributed by atoms with E-state index in [9.17, 15) is 4.79 Å². The Morgan fingerprint density at radius 1 is 1.44 bits per heavy atom. The van der Waals surface area contributed by atoms with Gasteiger partial charge in [0, 0.05) is 18.4 Å². The van der Waals surface area contributed by atoms with Crippen LogP contribution in [-0.4, -0.2) is 15.5 Å². The van der Waals surface area contributed by atoms with E-state index < -0.39 is 0 Å². The molecule has 1 saturated carbocycles. The molecular formula is C13H12ClN3O. The zero-order valence-electron chi connectivity index (χ0n) is 9.64. The Morgan fingerprint density at radius 3 is 3.00 bits per heavy atom. The van der Waals surface area contributed by atoms with Crippen LogP contribution in [0.2, 0.25) is 5.02 Å². The number of pyridine rings is 1. The van der Waals surface area contributed by atoms with Crippen LogP contribution in [0.3, 0.4) is 0 Å². The van der Waals surface area contributed by atoms with Crippen LogP contribution in [0.15, 0.2) is 36.8 Å². The molecule has 0 radical (unpaired) electrons. The van der Waals surface area contributed by atoms with E-state index in [1.54, 1.807) is 18.5 Å². The molecule has 0 atom stereocenters. The van der Waals surface area contributed by atoms with Crippen molar-refractivity contribution in [1.29, 1.82) is 0 Å². The largest absolute Gasteiger partial charge is 0.340 e. The summed E-state index contributed by atoms with van der Waals surface area (Å²) in [6.07, 6.45) is 7.36. The SMILES string of the molecule is O=C(Nc1cnccc1Cl)c1cccn1C1CC1. The van der Waals surface area contributed by atoms with Crippen LogP contribution in [0.25, 0.3) is 0 Å². The van der Waals surface area contributed by atoms with Crippen molar-refractivity contribution in [3.05, 3.63) is 47.5 Å². The summed E-state index contributed by atoms with van der Waals surface area (Å²) < 4.78 is 2.01. The molecule has 2 aromatic heterocycles. The summed E-state index contributed by atoms with van der Waals surface area (Å²) in [7, 11) is 0. The Kier molecular flexibility index (Phi) is 2.80. The van der Waals surface area contributed by atoms with Gasteiger partial charge in [-0.3, -0.25) is 9.78 Å². The standard InChI is InChI=1S/C13H12ClN3O/c14-10-5-6-15-8-11(10)16-13(18)12-2-1-7-17(12)9-3-4-9/h1-2,5-9H,3-4H2,(H,16,18). The monoisotopic (exact) mass is 261 g/mol. The fourth-order valence-electron chi connectivity index (χ4n) is 1.91. The van der Waals surface area contributed by atoms with E-state index in [-0.39, 0.29) is 5.91 Å². The molecular weight excluding hydrogens is 250 g/mol. The number of aromatic nitrogens is 2. The zero-order valence-corrected chi connectivity index (χ0v) is 10.4. The molecule has 0 spiro atoms. The van der Waals surface area contributed by atoms with Crippen molar-refractivity contribution in [2.24, 2.45) is 0 Å². The van der Waals surface area contributed by atoms with Gasteiger partial charge in [-0.15, -0.1) is 0 Å². The summed E-state index contributed by atoms with van der Waals surface area (Å²) in [5.41, 5.74) is 1.20. The zero-order chi connectivity index (χ0) is 12.5. The summed E-state index contributed by atoms with van der Waals surface area (Å²) in [5.74, 6) is -0.151. The minimum atomic E-state index is -0.151. The van der Waals surface area contributed by atoms with Gasteiger partial charge in [-0.05, 0) is 31.0 Å². The molecule has 1 fully saturated rings. The van der Waals surface area contributed by atoms with Gasteiger partial charge < -0.3 is 9.88 Å². The van der Waals surface area contributed by atoms with Gasteiger partial charge in [-0.1, -0.05) is 11.6 Å². The topological polar surface area (TPSA) is 46.9 Å². The van der Waals surface area contributed by atoms with Gasteiger partial charge in [0.05, 0.1) is 16.9 Å².